The fraction of sp³-hybridized carbons (Fsp3) is 0.824. The van der Waals surface area contributed by atoms with Crippen LogP contribution >= 0.6 is 0 Å². The molecule has 11 heteroatoms. The Hall–Kier alpha value is -2.24. The van der Waals surface area contributed by atoms with Gasteiger partial charge < -0.3 is 25.8 Å². The van der Waals surface area contributed by atoms with E-state index in [-0.39, 0.29) is 66.2 Å². The average Bonchev–Trinajstić information content (AvgIpc) is 3.02. The summed E-state index contributed by atoms with van der Waals surface area (Å²) < 4.78 is 32.6. The molecule has 2 bridgehead atoms. The lowest BCUT2D eigenvalue weighted by atomic mass is 9.69. The zero-order valence-electron chi connectivity index (χ0n) is 27.5. The number of halogens is 2. The van der Waals surface area contributed by atoms with Crippen LogP contribution in [-0.4, -0.2) is 108 Å². The maximum Gasteiger partial charge on any atom is 0.320 e. The number of hydrogen-bond donors (Lipinski definition) is 4. The first kappa shape index (κ1) is 32.7. The van der Waals surface area contributed by atoms with E-state index in [0.29, 0.717) is 26.1 Å². The summed E-state index contributed by atoms with van der Waals surface area (Å²) in [5.41, 5.74) is 0. The molecule has 6 aliphatic rings. The molecule has 0 spiro atoms. The molecule has 3 amide bonds. The molecule has 6 rings (SSSR count). The van der Waals surface area contributed by atoms with E-state index in [9.17, 15) is 9.59 Å². The highest BCUT2D eigenvalue weighted by Crippen LogP contribution is 2.44. The number of nitrogens with zero attached hydrogens (tertiary/aromatic N) is 3. The van der Waals surface area contributed by atoms with E-state index in [1.807, 2.05) is 22.9 Å². The SMILES string of the molecule is C=CC(=O)N1C[C@H](C)N(C2NC(=O)N3C4NC(C(F)CC42)C2C(F)CCCC2CN/C=C/CC2CCNC(C(C)C)C23)C[C@H]1C. The van der Waals surface area contributed by atoms with Crippen LogP contribution in [0.5, 0.6) is 0 Å². The fourth-order valence-corrected chi connectivity index (χ4v) is 9.82. The molecule has 5 aliphatic heterocycles. The normalized spacial score (nSPS) is 45.0. The molecule has 252 valence electrons. The van der Waals surface area contributed by atoms with Crippen LogP contribution in [0.3, 0.4) is 0 Å². The van der Waals surface area contributed by atoms with Gasteiger partial charge in [0.05, 0.1) is 18.4 Å². The number of rotatable bonds is 3. The number of allylic oxidation sites excluding steroid dienone is 1. The summed E-state index contributed by atoms with van der Waals surface area (Å²) in [5, 5.41) is 14.2. The molecule has 0 aromatic heterocycles. The molecule has 13 atom stereocenters. The minimum atomic E-state index is -1.24. The van der Waals surface area contributed by atoms with Gasteiger partial charge in [-0.3, -0.25) is 15.0 Å². The highest BCUT2D eigenvalue weighted by Gasteiger charge is 2.57. The Morgan fingerprint density at radius 1 is 1.07 bits per heavy atom. The van der Waals surface area contributed by atoms with E-state index in [2.05, 4.69) is 59.6 Å². The summed E-state index contributed by atoms with van der Waals surface area (Å²) >= 11 is 0. The molecule has 11 unspecified atom stereocenters. The van der Waals surface area contributed by atoms with Gasteiger partial charge >= 0.3 is 6.03 Å². The van der Waals surface area contributed by atoms with Gasteiger partial charge in [-0.25, -0.2) is 13.6 Å². The van der Waals surface area contributed by atoms with Crippen molar-refractivity contribution in [3.05, 3.63) is 24.9 Å². The van der Waals surface area contributed by atoms with Crippen molar-refractivity contribution in [3.8, 4) is 0 Å². The van der Waals surface area contributed by atoms with E-state index in [0.717, 1.165) is 32.2 Å². The second-order valence-electron chi connectivity index (χ2n) is 15.0. The Morgan fingerprint density at radius 3 is 2.62 bits per heavy atom. The first-order valence-electron chi connectivity index (χ1n) is 17.5. The number of piperazine rings is 1. The van der Waals surface area contributed by atoms with Gasteiger partial charge in [0.25, 0.3) is 0 Å². The maximum atomic E-state index is 16.7. The monoisotopic (exact) mass is 631 g/mol. The standard InChI is InChI=1S/C34H55F2N7O2/c1-6-27(44)41-17-21(5)42(18-20(41)4)32-24-15-26(36)30-28-23(9-7-11-25(28)35)16-37-13-8-10-22-12-14-38-29(19(2)3)31(22)43(33(24)39-30)34(45)40-32/h6,8,13,19-26,28-33,37-39H,1,7,9-12,14-18H2,2-5H3,(H,40,45)/b13-8+/t20-,21+,22?,23?,24?,25?,26?,28?,29?,30?,31?,32?,33?/m1/s1. The number of carbonyl (C=O) groups is 2. The smallest absolute Gasteiger partial charge is 0.320 e. The van der Waals surface area contributed by atoms with E-state index >= 15 is 8.78 Å². The van der Waals surface area contributed by atoms with Crippen LogP contribution in [0.4, 0.5) is 13.6 Å². The summed E-state index contributed by atoms with van der Waals surface area (Å²) in [6, 6.07) is -0.979. The van der Waals surface area contributed by atoms with Crippen molar-refractivity contribution in [1.29, 1.82) is 0 Å². The average molecular weight is 632 g/mol. The quantitative estimate of drug-likeness (QED) is 0.358. The zero-order valence-corrected chi connectivity index (χ0v) is 27.5. The Balaban J connectivity index is 1.40. The van der Waals surface area contributed by atoms with Gasteiger partial charge in [-0.2, -0.15) is 0 Å². The van der Waals surface area contributed by atoms with Gasteiger partial charge in [-0.1, -0.05) is 32.9 Å². The summed E-state index contributed by atoms with van der Waals surface area (Å²) in [5.74, 6) is -0.294. The molecular formula is C34H55F2N7O2. The Morgan fingerprint density at radius 2 is 1.87 bits per heavy atom. The number of amides is 3. The second-order valence-corrected chi connectivity index (χ2v) is 15.0. The maximum absolute atomic E-state index is 16.7. The Kier molecular flexibility index (Phi) is 9.79. The molecule has 5 heterocycles. The van der Waals surface area contributed by atoms with Crippen molar-refractivity contribution >= 4 is 11.9 Å². The molecule has 1 aliphatic carbocycles. The fourth-order valence-electron chi connectivity index (χ4n) is 9.82. The summed E-state index contributed by atoms with van der Waals surface area (Å²) in [7, 11) is 0. The van der Waals surface area contributed by atoms with Crippen LogP contribution in [0.1, 0.15) is 66.2 Å². The van der Waals surface area contributed by atoms with Crippen molar-refractivity contribution in [2.45, 2.75) is 121 Å². The number of carbonyl (C=O) groups excluding carboxylic acids is 2. The minimum Gasteiger partial charge on any atom is -0.391 e. The van der Waals surface area contributed by atoms with Crippen LogP contribution in [0.15, 0.2) is 24.9 Å². The molecular weight excluding hydrogens is 576 g/mol. The Bertz CT molecular complexity index is 1120. The largest absolute Gasteiger partial charge is 0.391 e. The summed E-state index contributed by atoms with van der Waals surface area (Å²) in [6.07, 6.45) is 6.50. The lowest BCUT2D eigenvalue weighted by Crippen LogP contribution is -2.80. The van der Waals surface area contributed by atoms with Crippen LogP contribution in [-0.2, 0) is 4.79 Å². The van der Waals surface area contributed by atoms with Crippen molar-refractivity contribution in [2.24, 2.45) is 29.6 Å². The van der Waals surface area contributed by atoms with Gasteiger partial charge in [-0.15, -0.1) is 0 Å². The van der Waals surface area contributed by atoms with E-state index in [4.69, 9.17) is 0 Å². The van der Waals surface area contributed by atoms with Crippen molar-refractivity contribution in [2.75, 3.05) is 26.2 Å². The lowest BCUT2D eigenvalue weighted by Gasteiger charge is -2.60. The van der Waals surface area contributed by atoms with Crippen molar-refractivity contribution < 1.29 is 18.4 Å². The molecule has 4 saturated heterocycles. The molecule has 9 nitrogen and oxygen atoms in total. The number of hydrogen-bond acceptors (Lipinski definition) is 6. The zero-order chi connectivity index (χ0) is 32.0. The lowest BCUT2D eigenvalue weighted by molar-refractivity contribution is -0.136. The summed E-state index contributed by atoms with van der Waals surface area (Å²) in [6.45, 7) is 14.7. The number of fused-ring (bicyclic) bond motifs is 5. The molecule has 0 aromatic rings. The van der Waals surface area contributed by atoms with Crippen LogP contribution in [0, 0.1) is 29.6 Å². The first-order valence-corrected chi connectivity index (χ1v) is 17.5. The minimum absolute atomic E-state index is 0.0109. The van der Waals surface area contributed by atoms with Crippen LogP contribution < -0.4 is 21.3 Å². The van der Waals surface area contributed by atoms with Gasteiger partial charge in [0.1, 0.15) is 12.3 Å². The van der Waals surface area contributed by atoms with E-state index in [1.165, 1.54) is 6.08 Å². The second kappa shape index (κ2) is 13.5. The van der Waals surface area contributed by atoms with Crippen LogP contribution in [0.2, 0.25) is 0 Å². The molecule has 4 N–H and O–H groups in total. The molecule has 0 aromatic carbocycles. The van der Waals surface area contributed by atoms with Gasteiger partial charge in [0.15, 0.2) is 0 Å². The number of alkyl halides is 2. The molecule has 1 saturated carbocycles. The predicted molar refractivity (Wildman–Crippen MR) is 171 cm³/mol. The van der Waals surface area contributed by atoms with Crippen molar-refractivity contribution in [1.82, 2.24) is 36.0 Å². The Labute approximate surface area is 268 Å². The highest BCUT2D eigenvalue weighted by atomic mass is 19.1. The molecule has 0 radical (unpaired) electrons. The third-order valence-electron chi connectivity index (χ3n) is 12.0. The van der Waals surface area contributed by atoms with Crippen molar-refractivity contribution in [3.63, 3.8) is 0 Å². The molecule has 45 heavy (non-hydrogen) atoms. The third-order valence-corrected chi connectivity index (χ3v) is 12.0. The van der Waals surface area contributed by atoms with Gasteiger partial charge in [0.2, 0.25) is 5.91 Å². The van der Waals surface area contributed by atoms with E-state index in [1.54, 1.807) is 0 Å². The predicted octanol–water partition coefficient (Wildman–Crippen LogP) is 3.35. The third kappa shape index (κ3) is 6.13. The van der Waals surface area contributed by atoms with E-state index < -0.39 is 36.6 Å². The van der Waals surface area contributed by atoms with Gasteiger partial charge in [-0.05, 0) is 82.5 Å². The number of piperidine rings is 2. The van der Waals surface area contributed by atoms with Crippen LogP contribution in [0.25, 0.3) is 0 Å². The highest BCUT2D eigenvalue weighted by molar-refractivity contribution is 5.87. The van der Waals surface area contributed by atoms with Gasteiger partial charge in [0, 0.05) is 55.6 Å². The molecule has 5 fully saturated rings. The topological polar surface area (TPSA) is 92.0 Å². The summed E-state index contributed by atoms with van der Waals surface area (Å²) in [4.78, 5) is 33.2. The number of nitrogens with one attached hydrogen (secondary N) is 4. The number of urea groups is 1. The first-order chi connectivity index (χ1) is 21.6.